The van der Waals surface area contributed by atoms with Crippen molar-refractivity contribution in [2.45, 2.75) is 5.41 Å². The van der Waals surface area contributed by atoms with Crippen molar-refractivity contribution in [3.05, 3.63) is 281 Å². The summed E-state index contributed by atoms with van der Waals surface area (Å²) in [6.45, 7) is 0. The molecule has 0 bridgehead atoms. The van der Waals surface area contributed by atoms with Gasteiger partial charge in [0, 0.05) is 17.3 Å². The van der Waals surface area contributed by atoms with Gasteiger partial charge in [0.15, 0.2) is 0 Å². The van der Waals surface area contributed by atoms with E-state index in [0.29, 0.717) is 0 Å². The van der Waals surface area contributed by atoms with E-state index in [0.717, 1.165) is 110 Å². The SMILES string of the molecule is [Pt]=[c]1n(-c2cccc(Oc3ccc4c5cc6c(cc5n(-c5ccccn5)c4c3)C3(c4ccccc4Oc4ccccc43)c3ccccc3-6)c2)c2ccccc2n1-c1c(-c2ccccc2)cccc1-c1ccccc1. The van der Waals surface area contributed by atoms with E-state index in [2.05, 4.69) is 270 Å². The molecule has 0 N–H and O–H groups in total. The van der Waals surface area contributed by atoms with Gasteiger partial charge in [-0.15, -0.1) is 0 Å². The molecule has 0 amide bonds. The summed E-state index contributed by atoms with van der Waals surface area (Å²) in [6, 6.07) is 88.4. The van der Waals surface area contributed by atoms with E-state index in [9.17, 15) is 0 Å². The fourth-order valence-electron chi connectivity index (χ4n) is 12.0. The molecule has 0 saturated carbocycles. The molecule has 0 atom stereocenters. The first kappa shape index (κ1) is 42.6. The first-order valence-corrected chi connectivity index (χ1v) is 26.0. The summed E-state index contributed by atoms with van der Waals surface area (Å²) in [5.41, 5.74) is 17.6. The Kier molecular flexibility index (Phi) is 9.63. The molecule has 7 heteroatoms. The molecular formula is C67H42N4O2Pt. The van der Waals surface area contributed by atoms with Crippen LogP contribution in [0.3, 0.4) is 0 Å². The number of aromatic nitrogens is 4. The molecule has 1 aliphatic carbocycles. The van der Waals surface area contributed by atoms with E-state index in [1.807, 2.05) is 18.3 Å². The Morgan fingerprint density at radius 3 is 1.68 bits per heavy atom. The Bertz CT molecular complexity index is 4360. The summed E-state index contributed by atoms with van der Waals surface area (Å²) in [5.74, 6) is 4.02. The average molecular weight is 1130 g/mol. The third-order valence-corrected chi connectivity index (χ3v) is 16.0. The van der Waals surface area contributed by atoms with Crippen molar-refractivity contribution in [2.75, 3.05) is 0 Å². The van der Waals surface area contributed by atoms with Crippen LogP contribution in [0.1, 0.15) is 22.3 Å². The van der Waals surface area contributed by atoms with Gasteiger partial charge in [0.2, 0.25) is 0 Å². The second kappa shape index (κ2) is 16.7. The maximum atomic E-state index is 6.96. The van der Waals surface area contributed by atoms with Crippen LogP contribution in [0, 0.1) is 3.80 Å². The molecule has 74 heavy (non-hydrogen) atoms. The van der Waals surface area contributed by atoms with E-state index in [1.54, 1.807) is 0 Å². The van der Waals surface area contributed by atoms with Crippen LogP contribution in [0.2, 0.25) is 0 Å². The van der Waals surface area contributed by atoms with Gasteiger partial charge < -0.3 is 4.74 Å². The molecule has 0 saturated heterocycles. The summed E-state index contributed by atoms with van der Waals surface area (Å²) in [7, 11) is 0. The topological polar surface area (TPSA) is 46.1 Å². The van der Waals surface area contributed by atoms with Crippen LogP contribution in [-0.2, 0) is 24.8 Å². The zero-order valence-corrected chi connectivity index (χ0v) is 41.9. The predicted octanol–water partition coefficient (Wildman–Crippen LogP) is 16.6. The molecule has 1 aliphatic heterocycles. The fourth-order valence-corrected chi connectivity index (χ4v) is 13.1. The van der Waals surface area contributed by atoms with Crippen LogP contribution in [0.25, 0.3) is 83.4 Å². The Morgan fingerprint density at radius 1 is 0.392 bits per heavy atom. The Morgan fingerprint density at radius 2 is 0.973 bits per heavy atom. The Balaban J connectivity index is 0.889. The zero-order valence-electron chi connectivity index (χ0n) is 39.7. The summed E-state index contributed by atoms with van der Waals surface area (Å²) < 4.78 is 21.7. The van der Waals surface area contributed by atoms with Crippen LogP contribution in [0.5, 0.6) is 23.0 Å². The molecule has 0 fully saturated rings. The van der Waals surface area contributed by atoms with Gasteiger partial charge in [-0.25, -0.2) is 0 Å². The van der Waals surface area contributed by atoms with Crippen molar-refractivity contribution in [3.8, 4) is 73.6 Å². The number of imidazole rings is 1. The molecule has 1 spiro atoms. The van der Waals surface area contributed by atoms with Crippen LogP contribution in [0.15, 0.2) is 255 Å². The van der Waals surface area contributed by atoms with E-state index < -0.39 is 5.41 Å². The van der Waals surface area contributed by atoms with Gasteiger partial charge in [0.1, 0.15) is 11.5 Å². The standard InChI is InChI=1S/C67H42N4O2.Pt/c1-3-19-44(20-4-1)49-26-18-27-50(45-21-5-2-6-22-45)66(49)70-43-69(59-31-11-12-32-60(59)70)46-23-17-24-47(39-46)72-48-36-37-52-54-41-53-51-25-7-8-28-55(51)67(56-29-9-13-33-63(56)73-64-34-14-10-30-57(64)67)58(53)42-62(54)71(61(52)40-48)65-35-15-16-38-68-65;/h1-42H;. The normalized spacial score (nSPS) is 12.9. The van der Waals surface area contributed by atoms with Gasteiger partial charge in [-0.1, -0.05) is 66.7 Å². The number of benzene rings is 10. The number of nitrogens with zero attached hydrogens (tertiary/aromatic N) is 4. The zero-order chi connectivity index (χ0) is 48.9. The molecular weight excluding hydrogens is 1090 g/mol. The molecule has 10 aromatic carbocycles. The van der Waals surface area contributed by atoms with E-state index >= 15 is 0 Å². The number of rotatable bonds is 7. The molecule has 0 radical (unpaired) electrons. The monoisotopic (exact) mass is 1130 g/mol. The molecule has 4 heterocycles. The van der Waals surface area contributed by atoms with Crippen molar-refractivity contribution < 1.29 is 28.8 Å². The number of hydrogen-bond donors (Lipinski definition) is 0. The van der Waals surface area contributed by atoms with E-state index in [1.165, 1.54) is 22.3 Å². The number of para-hydroxylation sites is 5. The summed E-state index contributed by atoms with van der Waals surface area (Å²) in [6.07, 6.45) is 1.87. The van der Waals surface area contributed by atoms with Crippen molar-refractivity contribution >= 4 is 32.8 Å². The third-order valence-electron chi connectivity index (χ3n) is 15.0. The minimum absolute atomic E-state index is 0.603. The van der Waals surface area contributed by atoms with Gasteiger partial charge in [0.25, 0.3) is 0 Å². The number of pyridine rings is 1. The van der Waals surface area contributed by atoms with Crippen LogP contribution in [-0.4, -0.2) is 18.7 Å². The van der Waals surface area contributed by atoms with Gasteiger partial charge >= 0.3 is 294 Å². The molecule has 13 aromatic rings. The molecule has 352 valence electrons. The summed E-state index contributed by atoms with van der Waals surface area (Å²) >= 11 is 2.50. The molecule has 0 unspecified atom stereocenters. The predicted molar refractivity (Wildman–Crippen MR) is 293 cm³/mol. The van der Waals surface area contributed by atoms with Gasteiger partial charge in [-0.05, 0) is 40.5 Å². The van der Waals surface area contributed by atoms with Crippen LogP contribution in [0.4, 0.5) is 0 Å². The average Bonchev–Trinajstić information content (AvgIpc) is 4.17. The van der Waals surface area contributed by atoms with Gasteiger partial charge in [-0.2, -0.15) is 0 Å². The maximum absolute atomic E-state index is 6.96. The second-order valence-electron chi connectivity index (χ2n) is 18.9. The summed E-state index contributed by atoms with van der Waals surface area (Å²) in [4.78, 5) is 4.99. The van der Waals surface area contributed by atoms with Crippen molar-refractivity contribution in [2.24, 2.45) is 0 Å². The number of hydrogen-bond acceptors (Lipinski definition) is 3. The van der Waals surface area contributed by atoms with Gasteiger partial charge in [-0.3, -0.25) is 0 Å². The molecule has 15 rings (SSSR count). The Hall–Kier alpha value is -9.09. The number of fused-ring (bicyclic) bond motifs is 13. The fraction of sp³-hybridized carbons (Fsp3) is 0.0149. The van der Waals surface area contributed by atoms with Crippen LogP contribution >= 0.6 is 0 Å². The van der Waals surface area contributed by atoms with E-state index in [4.69, 9.17) is 14.5 Å². The number of ether oxygens (including phenoxy) is 2. The summed E-state index contributed by atoms with van der Waals surface area (Å²) in [5, 5.41) is 2.26. The molecule has 2 aliphatic rings. The quantitative estimate of drug-likeness (QED) is 0.160. The first-order chi connectivity index (χ1) is 36.6. The second-order valence-corrected chi connectivity index (χ2v) is 20.0. The van der Waals surface area contributed by atoms with Crippen LogP contribution < -0.4 is 9.47 Å². The van der Waals surface area contributed by atoms with Gasteiger partial charge in [0.05, 0.1) is 5.41 Å². The molecule has 3 aromatic heterocycles. The Labute approximate surface area is 437 Å². The third kappa shape index (κ3) is 6.28. The van der Waals surface area contributed by atoms with Crippen molar-refractivity contribution in [1.29, 1.82) is 0 Å². The first-order valence-electron chi connectivity index (χ1n) is 24.8. The van der Waals surface area contributed by atoms with E-state index in [-0.39, 0.29) is 0 Å². The van der Waals surface area contributed by atoms with Crippen molar-refractivity contribution in [3.63, 3.8) is 0 Å². The van der Waals surface area contributed by atoms with Crippen molar-refractivity contribution in [1.82, 2.24) is 18.7 Å². The molecule has 6 nitrogen and oxygen atoms in total. The minimum atomic E-state index is -0.603.